The Morgan fingerprint density at radius 2 is 1.92 bits per heavy atom. The summed E-state index contributed by atoms with van der Waals surface area (Å²) in [4.78, 5) is 23.4. The maximum Gasteiger partial charge on any atom is 0.319 e. The third-order valence-corrected chi connectivity index (χ3v) is 4.25. The molecule has 1 aromatic carbocycles. The minimum absolute atomic E-state index is 0.249. The predicted octanol–water partition coefficient (Wildman–Crippen LogP) is 2.56. The normalized spacial score (nSPS) is 14.2. The van der Waals surface area contributed by atoms with Crippen molar-refractivity contribution in [1.82, 2.24) is 15.3 Å². The molecule has 2 N–H and O–H groups in total. The van der Waals surface area contributed by atoms with Gasteiger partial charge in [-0.3, -0.25) is 0 Å². The average molecular weight is 355 g/mol. The summed E-state index contributed by atoms with van der Waals surface area (Å²) in [6.07, 6.45) is 0. The Hall–Kier alpha value is -2.67. The first kappa shape index (κ1) is 18.1. The van der Waals surface area contributed by atoms with E-state index in [-0.39, 0.29) is 6.03 Å². The highest BCUT2D eigenvalue weighted by Gasteiger charge is 2.15. The third kappa shape index (κ3) is 4.70. The van der Waals surface area contributed by atoms with Crippen LogP contribution in [0.3, 0.4) is 0 Å². The minimum Gasteiger partial charge on any atom is -0.378 e. The highest BCUT2D eigenvalue weighted by atomic mass is 16.5. The number of hydrogen-bond donors (Lipinski definition) is 2. The molecule has 26 heavy (non-hydrogen) atoms. The number of amides is 2. The highest BCUT2D eigenvalue weighted by Crippen LogP contribution is 2.16. The maximum absolute atomic E-state index is 12.2. The molecule has 0 spiro atoms. The first-order chi connectivity index (χ1) is 12.5. The van der Waals surface area contributed by atoms with E-state index < -0.39 is 0 Å². The van der Waals surface area contributed by atoms with E-state index in [1.54, 1.807) is 0 Å². The van der Waals surface area contributed by atoms with E-state index >= 15 is 0 Å². The number of morpholine rings is 1. The average Bonchev–Trinajstić information content (AvgIpc) is 2.63. The van der Waals surface area contributed by atoms with Crippen LogP contribution < -0.4 is 15.5 Å². The Kier molecular flexibility index (Phi) is 5.68. The van der Waals surface area contributed by atoms with Gasteiger partial charge in [0.05, 0.1) is 25.5 Å². The second-order valence-corrected chi connectivity index (χ2v) is 6.53. The van der Waals surface area contributed by atoms with Crippen LogP contribution in [0.4, 0.5) is 16.4 Å². The molecule has 7 heteroatoms. The second-order valence-electron chi connectivity index (χ2n) is 6.53. The summed E-state index contributed by atoms with van der Waals surface area (Å²) in [6.45, 7) is 9.22. The van der Waals surface area contributed by atoms with Crippen LogP contribution in [0, 0.1) is 20.8 Å². The first-order valence-electron chi connectivity index (χ1n) is 8.80. The molecule has 2 heterocycles. The Balaban J connectivity index is 1.61. The number of anilines is 2. The maximum atomic E-state index is 12.2. The second kappa shape index (κ2) is 8.14. The molecule has 0 saturated carbocycles. The van der Waals surface area contributed by atoms with Gasteiger partial charge in [-0.2, -0.15) is 0 Å². The number of urea groups is 1. The molecule has 138 valence electrons. The number of carbonyl (C=O) groups is 1. The van der Waals surface area contributed by atoms with Crippen LogP contribution in [0.25, 0.3) is 0 Å². The van der Waals surface area contributed by atoms with E-state index in [0.29, 0.717) is 25.7 Å². The van der Waals surface area contributed by atoms with Crippen LogP contribution in [-0.4, -0.2) is 42.3 Å². The van der Waals surface area contributed by atoms with Crippen molar-refractivity contribution in [1.29, 1.82) is 0 Å². The van der Waals surface area contributed by atoms with Gasteiger partial charge in [0.1, 0.15) is 0 Å². The number of benzene rings is 1. The van der Waals surface area contributed by atoms with Crippen molar-refractivity contribution in [3.05, 3.63) is 46.8 Å². The topological polar surface area (TPSA) is 79.4 Å². The van der Waals surface area contributed by atoms with Crippen LogP contribution in [0.1, 0.15) is 22.5 Å². The molecule has 2 amide bonds. The van der Waals surface area contributed by atoms with E-state index in [9.17, 15) is 4.79 Å². The standard InChI is InChI=1S/C19H25N5O2/c1-13-4-5-17(14(2)10-13)23-19(25)20-12-16-11-15(3)21-18(22-16)24-6-8-26-9-7-24/h4-5,10-11H,6-9,12H2,1-3H3,(H2,20,23,25). The summed E-state index contributed by atoms with van der Waals surface area (Å²) >= 11 is 0. The molecule has 1 aromatic heterocycles. The fraction of sp³-hybridized carbons (Fsp3) is 0.421. The van der Waals surface area contributed by atoms with E-state index in [0.717, 1.165) is 35.7 Å². The number of ether oxygens (including phenoxy) is 1. The molecule has 7 nitrogen and oxygen atoms in total. The van der Waals surface area contributed by atoms with E-state index in [1.165, 1.54) is 5.56 Å². The van der Waals surface area contributed by atoms with Crippen molar-refractivity contribution in [2.45, 2.75) is 27.3 Å². The number of rotatable bonds is 4. The predicted molar refractivity (Wildman–Crippen MR) is 102 cm³/mol. The molecule has 1 fully saturated rings. The molecule has 0 bridgehead atoms. The lowest BCUT2D eigenvalue weighted by molar-refractivity contribution is 0.122. The van der Waals surface area contributed by atoms with Crippen molar-refractivity contribution in [3.63, 3.8) is 0 Å². The molecule has 0 unspecified atom stereocenters. The van der Waals surface area contributed by atoms with Gasteiger partial charge in [0.2, 0.25) is 5.95 Å². The Morgan fingerprint density at radius 1 is 1.15 bits per heavy atom. The fourth-order valence-corrected chi connectivity index (χ4v) is 2.90. The summed E-state index contributed by atoms with van der Waals surface area (Å²) in [5.41, 5.74) is 4.68. The van der Waals surface area contributed by atoms with Crippen LogP contribution in [0.2, 0.25) is 0 Å². The summed E-state index contributed by atoms with van der Waals surface area (Å²) < 4.78 is 5.37. The van der Waals surface area contributed by atoms with Crippen molar-refractivity contribution >= 4 is 17.7 Å². The zero-order valence-corrected chi connectivity index (χ0v) is 15.5. The summed E-state index contributed by atoms with van der Waals surface area (Å²) in [6, 6.07) is 7.57. The van der Waals surface area contributed by atoms with Gasteiger partial charge >= 0.3 is 6.03 Å². The molecule has 2 aromatic rings. The number of aromatic nitrogens is 2. The number of aryl methyl sites for hydroxylation is 3. The highest BCUT2D eigenvalue weighted by molar-refractivity contribution is 5.90. The van der Waals surface area contributed by atoms with Gasteiger partial charge < -0.3 is 20.3 Å². The van der Waals surface area contributed by atoms with Crippen LogP contribution in [-0.2, 0) is 11.3 Å². The monoisotopic (exact) mass is 355 g/mol. The molecular weight excluding hydrogens is 330 g/mol. The SMILES string of the molecule is Cc1ccc(NC(=O)NCc2cc(C)nc(N3CCOCC3)n2)c(C)c1. The van der Waals surface area contributed by atoms with Gasteiger partial charge in [0.25, 0.3) is 0 Å². The van der Waals surface area contributed by atoms with Crippen molar-refractivity contribution < 1.29 is 9.53 Å². The summed E-state index contributed by atoms with van der Waals surface area (Å²) in [5, 5.41) is 5.74. The number of nitrogens with zero attached hydrogens (tertiary/aromatic N) is 3. The quantitative estimate of drug-likeness (QED) is 0.881. The summed E-state index contributed by atoms with van der Waals surface area (Å²) in [5.74, 6) is 0.694. The van der Waals surface area contributed by atoms with E-state index in [2.05, 4.69) is 25.5 Å². The van der Waals surface area contributed by atoms with E-state index in [4.69, 9.17) is 4.74 Å². The lowest BCUT2D eigenvalue weighted by Crippen LogP contribution is -2.37. The van der Waals surface area contributed by atoms with Gasteiger partial charge in [-0.25, -0.2) is 14.8 Å². The van der Waals surface area contributed by atoms with Gasteiger partial charge in [-0.1, -0.05) is 17.7 Å². The van der Waals surface area contributed by atoms with Gasteiger partial charge in [0, 0.05) is 24.5 Å². The molecule has 3 rings (SSSR count). The fourth-order valence-electron chi connectivity index (χ4n) is 2.90. The van der Waals surface area contributed by atoms with Gasteiger partial charge in [-0.15, -0.1) is 0 Å². The lowest BCUT2D eigenvalue weighted by atomic mass is 10.1. The molecule has 1 aliphatic heterocycles. The van der Waals surface area contributed by atoms with Crippen LogP contribution in [0.5, 0.6) is 0 Å². The number of carbonyl (C=O) groups excluding carboxylic acids is 1. The summed E-state index contributed by atoms with van der Waals surface area (Å²) in [7, 11) is 0. The number of nitrogens with one attached hydrogen (secondary N) is 2. The zero-order valence-electron chi connectivity index (χ0n) is 15.5. The molecular formula is C19H25N5O2. The van der Waals surface area contributed by atoms with Crippen molar-refractivity contribution in [2.24, 2.45) is 0 Å². The van der Waals surface area contributed by atoms with Gasteiger partial charge in [-0.05, 0) is 38.5 Å². The Morgan fingerprint density at radius 3 is 2.65 bits per heavy atom. The molecule has 1 aliphatic rings. The Labute approximate surface area is 153 Å². The Bertz CT molecular complexity index is 787. The first-order valence-corrected chi connectivity index (χ1v) is 8.80. The zero-order chi connectivity index (χ0) is 18.5. The lowest BCUT2D eigenvalue weighted by Gasteiger charge is -2.27. The van der Waals surface area contributed by atoms with Gasteiger partial charge in [0.15, 0.2) is 0 Å². The molecule has 0 radical (unpaired) electrons. The molecule has 0 aliphatic carbocycles. The van der Waals surface area contributed by atoms with E-state index in [1.807, 2.05) is 45.0 Å². The van der Waals surface area contributed by atoms with Crippen molar-refractivity contribution in [3.8, 4) is 0 Å². The van der Waals surface area contributed by atoms with Crippen molar-refractivity contribution in [2.75, 3.05) is 36.5 Å². The smallest absolute Gasteiger partial charge is 0.319 e. The minimum atomic E-state index is -0.249. The third-order valence-electron chi connectivity index (χ3n) is 4.25. The van der Waals surface area contributed by atoms with Crippen LogP contribution >= 0.6 is 0 Å². The molecule has 1 saturated heterocycles. The largest absolute Gasteiger partial charge is 0.378 e. The number of hydrogen-bond acceptors (Lipinski definition) is 5. The van der Waals surface area contributed by atoms with Crippen LogP contribution in [0.15, 0.2) is 24.3 Å². The molecule has 0 atom stereocenters.